The van der Waals surface area contributed by atoms with Gasteiger partial charge in [0.1, 0.15) is 18.5 Å². The zero-order valence-electron chi connectivity index (χ0n) is 16.3. The molecule has 0 aliphatic carbocycles. The quantitative estimate of drug-likeness (QED) is 0.630. The number of halogens is 7. The number of ether oxygens (including phenoxy) is 2. The average Bonchev–Trinajstić information content (AvgIpc) is 3.16. The molecule has 0 saturated carbocycles. The molecule has 1 aliphatic heterocycles. The highest BCUT2D eigenvalue weighted by molar-refractivity contribution is 5.85. The van der Waals surface area contributed by atoms with Crippen molar-refractivity contribution in [2.45, 2.75) is 31.2 Å². The summed E-state index contributed by atoms with van der Waals surface area (Å²) in [4.78, 5) is 0.682. The van der Waals surface area contributed by atoms with Crippen molar-refractivity contribution in [1.82, 2.24) is 0 Å². The van der Waals surface area contributed by atoms with E-state index in [1.54, 1.807) is 24.3 Å². The molecule has 1 saturated heterocycles. The Morgan fingerprint density at radius 1 is 1.09 bits per heavy atom. The summed E-state index contributed by atoms with van der Waals surface area (Å²) in [6.45, 7) is -0.277. The maximum absolute atomic E-state index is 13.5. The van der Waals surface area contributed by atoms with Crippen LogP contribution in [0.25, 0.3) is 0 Å². The number of nitrogens with zero attached hydrogens (tertiary/aromatic N) is 2. The topological polar surface area (TPSA) is 71.5 Å². The Morgan fingerprint density at radius 3 is 2.28 bits per heavy atom. The second kappa shape index (κ2) is 9.85. The van der Waals surface area contributed by atoms with Crippen LogP contribution < -0.4 is 15.4 Å². The van der Waals surface area contributed by atoms with Crippen molar-refractivity contribution in [3.8, 4) is 11.8 Å². The lowest BCUT2D eigenvalue weighted by molar-refractivity contribution is -0.215. The lowest BCUT2D eigenvalue weighted by Gasteiger charge is -2.27. The second-order valence-corrected chi connectivity index (χ2v) is 6.80. The van der Waals surface area contributed by atoms with Crippen molar-refractivity contribution >= 4 is 18.1 Å². The molecule has 0 spiro atoms. The van der Waals surface area contributed by atoms with Gasteiger partial charge in [-0.1, -0.05) is 12.1 Å². The Labute approximate surface area is 185 Å². The van der Waals surface area contributed by atoms with Crippen LogP contribution in [0.5, 0.6) is 5.75 Å². The molecule has 0 unspecified atom stereocenters. The van der Waals surface area contributed by atoms with Crippen molar-refractivity contribution in [3.05, 3.63) is 59.2 Å². The molecule has 3 rings (SSSR count). The number of hydrogen-bond acceptors (Lipinski definition) is 5. The van der Waals surface area contributed by atoms with Gasteiger partial charge in [-0.3, -0.25) is 0 Å². The van der Waals surface area contributed by atoms with Crippen LogP contribution >= 0.6 is 12.4 Å². The number of hydrogen-bond donors (Lipinski definition) is 1. The van der Waals surface area contributed by atoms with Gasteiger partial charge in [-0.15, -0.1) is 12.4 Å². The third-order valence-electron chi connectivity index (χ3n) is 4.64. The molecule has 1 heterocycles. The van der Waals surface area contributed by atoms with E-state index in [9.17, 15) is 26.3 Å². The SMILES string of the molecule is Cl.N#Cc1ccc(N2C[C@@H](COc3ccc(CN)cc3)O[C@@H]2C(F)(F)F)cc1C(F)(F)F. The molecule has 12 heteroatoms. The van der Waals surface area contributed by atoms with E-state index >= 15 is 0 Å². The van der Waals surface area contributed by atoms with Crippen LogP contribution in [-0.2, 0) is 17.5 Å². The molecule has 1 fully saturated rings. The van der Waals surface area contributed by atoms with Crippen molar-refractivity contribution in [2.24, 2.45) is 5.73 Å². The molecule has 2 N–H and O–H groups in total. The molecule has 2 aromatic rings. The van der Waals surface area contributed by atoms with E-state index in [2.05, 4.69) is 0 Å². The Morgan fingerprint density at radius 2 is 1.75 bits per heavy atom. The summed E-state index contributed by atoms with van der Waals surface area (Å²) >= 11 is 0. The first-order valence-corrected chi connectivity index (χ1v) is 9.05. The number of nitriles is 1. The molecule has 2 aromatic carbocycles. The third kappa shape index (κ3) is 5.76. The molecular formula is C20H18ClF6N3O2. The maximum Gasteiger partial charge on any atom is 0.433 e. The van der Waals surface area contributed by atoms with Gasteiger partial charge in [-0.2, -0.15) is 31.6 Å². The first-order valence-electron chi connectivity index (χ1n) is 9.05. The van der Waals surface area contributed by atoms with Gasteiger partial charge in [0.15, 0.2) is 0 Å². The van der Waals surface area contributed by atoms with E-state index < -0.39 is 35.8 Å². The minimum Gasteiger partial charge on any atom is -0.491 e. The second-order valence-electron chi connectivity index (χ2n) is 6.80. The molecule has 174 valence electrons. The van der Waals surface area contributed by atoms with Gasteiger partial charge in [0.05, 0.1) is 23.7 Å². The highest BCUT2D eigenvalue weighted by Crippen LogP contribution is 2.39. The third-order valence-corrected chi connectivity index (χ3v) is 4.64. The maximum atomic E-state index is 13.5. The summed E-state index contributed by atoms with van der Waals surface area (Å²) in [5, 5.41) is 8.88. The fourth-order valence-corrected chi connectivity index (χ4v) is 3.15. The molecular weight excluding hydrogens is 464 g/mol. The minimum atomic E-state index is -4.90. The summed E-state index contributed by atoms with van der Waals surface area (Å²) in [5.41, 5.74) is 3.99. The summed E-state index contributed by atoms with van der Waals surface area (Å²) in [6, 6.07) is 10.4. The molecule has 5 nitrogen and oxygen atoms in total. The van der Waals surface area contributed by atoms with Crippen LogP contribution in [-0.4, -0.2) is 31.7 Å². The smallest absolute Gasteiger partial charge is 0.433 e. The van der Waals surface area contributed by atoms with Crippen molar-refractivity contribution in [3.63, 3.8) is 0 Å². The van der Waals surface area contributed by atoms with Crippen LogP contribution in [0.2, 0.25) is 0 Å². The lowest BCUT2D eigenvalue weighted by atomic mass is 10.1. The lowest BCUT2D eigenvalue weighted by Crippen LogP contribution is -2.42. The number of benzene rings is 2. The van der Waals surface area contributed by atoms with E-state index in [4.69, 9.17) is 20.5 Å². The van der Waals surface area contributed by atoms with Gasteiger partial charge in [0.2, 0.25) is 6.23 Å². The Kier molecular flexibility index (Phi) is 7.88. The van der Waals surface area contributed by atoms with Gasteiger partial charge < -0.3 is 20.1 Å². The molecule has 0 radical (unpaired) electrons. The average molecular weight is 482 g/mol. The van der Waals surface area contributed by atoms with Crippen LogP contribution in [0.1, 0.15) is 16.7 Å². The van der Waals surface area contributed by atoms with Crippen LogP contribution in [0.3, 0.4) is 0 Å². The van der Waals surface area contributed by atoms with Crippen molar-refractivity contribution in [1.29, 1.82) is 5.26 Å². The highest BCUT2D eigenvalue weighted by Gasteiger charge is 2.51. The first-order chi connectivity index (χ1) is 14.5. The van der Waals surface area contributed by atoms with E-state index in [0.717, 1.165) is 17.7 Å². The Balaban J connectivity index is 0.00000363. The summed E-state index contributed by atoms with van der Waals surface area (Å²) < 4.78 is 90.7. The zero-order valence-corrected chi connectivity index (χ0v) is 17.1. The molecule has 32 heavy (non-hydrogen) atoms. The zero-order chi connectivity index (χ0) is 22.8. The molecule has 1 aliphatic rings. The number of nitrogens with two attached hydrogens (primary N) is 1. The normalized spacial score (nSPS) is 18.8. The number of alkyl halides is 6. The molecule has 0 aromatic heterocycles. The van der Waals surface area contributed by atoms with Crippen LogP contribution in [0, 0.1) is 11.3 Å². The fraction of sp³-hybridized carbons (Fsp3) is 0.350. The van der Waals surface area contributed by atoms with E-state index in [1.165, 1.54) is 6.07 Å². The molecule has 0 amide bonds. The Hall–Kier alpha value is -2.68. The van der Waals surface area contributed by atoms with Gasteiger partial charge in [-0.05, 0) is 35.9 Å². The van der Waals surface area contributed by atoms with Crippen LogP contribution in [0.4, 0.5) is 32.0 Å². The predicted molar refractivity (Wildman–Crippen MR) is 105 cm³/mol. The van der Waals surface area contributed by atoms with E-state index in [1.807, 2.05) is 0 Å². The summed E-state index contributed by atoms with van der Waals surface area (Å²) in [7, 11) is 0. The van der Waals surface area contributed by atoms with E-state index in [0.29, 0.717) is 23.3 Å². The van der Waals surface area contributed by atoms with Crippen LogP contribution in [0.15, 0.2) is 42.5 Å². The molecule has 0 bridgehead atoms. The largest absolute Gasteiger partial charge is 0.491 e. The minimum absolute atomic E-state index is 0. The fourth-order valence-electron chi connectivity index (χ4n) is 3.15. The van der Waals surface area contributed by atoms with Crippen molar-refractivity contribution in [2.75, 3.05) is 18.1 Å². The van der Waals surface area contributed by atoms with E-state index in [-0.39, 0.29) is 31.2 Å². The standard InChI is InChI=1S/C20H17F6N3O2.ClH/c21-19(22,23)17-7-14(4-3-13(17)9-28)29-10-16(31-18(29)20(24,25)26)11-30-15-5-1-12(8-27)2-6-15;/h1-7,16,18H,8,10-11,27H2;1H/t16-,18+;/m0./s1. The highest BCUT2D eigenvalue weighted by atomic mass is 35.5. The summed E-state index contributed by atoms with van der Waals surface area (Å²) in [6.07, 6.45) is -13.3. The predicted octanol–water partition coefficient (Wildman–Crippen LogP) is 4.63. The van der Waals surface area contributed by atoms with Gasteiger partial charge in [0.25, 0.3) is 0 Å². The molecule has 2 atom stereocenters. The van der Waals surface area contributed by atoms with Crippen molar-refractivity contribution < 1.29 is 35.8 Å². The number of rotatable bonds is 5. The number of anilines is 1. The van der Waals surface area contributed by atoms with Gasteiger partial charge in [0, 0.05) is 12.2 Å². The monoisotopic (exact) mass is 481 g/mol. The Bertz CT molecular complexity index is 960. The van der Waals surface area contributed by atoms with Gasteiger partial charge >= 0.3 is 12.4 Å². The first kappa shape index (κ1) is 25.6. The summed E-state index contributed by atoms with van der Waals surface area (Å²) in [5.74, 6) is 0.389. The van der Waals surface area contributed by atoms with Gasteiger partial charge in [-0.25, -0.2) is 0 Å².